The molecule has 2 aromatic rings. The average molecular weight is 352 g/mol. The molecule has 2 amide bonds. The van der Waals surface area contributed by atoms with Gasteiger partial charge in [0.15, 0.2) is 5.72 Å². The number of rotatable bonds is 1. The molecule has 2 unspecified atom stereocenters. The zero-order valence-corrected chi connectivity index (χ0v) is 15.3. The Morgan fingerprint density at radius 3 is 2.69 bits per heavy atom. The molecule has 5 heteroatoms. The number of amides is 2. The van der Waals surface area contributed by atoms with Crippen LogP contribution in [0.15, 0.2) is 42.5 Å². The first-order valence-electron chi connectivity index (χ1n) is 8.94. The van der Waals surface area contributed by atoms with E-state index in [2.05, 4.69) is 41.8 Å². The van der Waals surface area contributed by atoms with Crippen LogP contribution in [0.1, 0.15) is 49.3 Å². The molecular formula is C21H24N2O3. The van der Waals surface area contributed by atoms with Crippen molar-refractivity contribution in [1.29, 1.82) is 0 Å². The number of carbonyl (C=O) groups excluding carboxylic acids is 1. The Labute approximate surface area is 153 Å². The Morgan fingerprint density at radius 1 is 1.15 bits per heavy atom. The Balaban J connectivity index is 1.83. The molecule has 26 heavy (non-hydrogen) atoms. The minimum Gasteiger partial charge on any atom is -0.508 e. The predicted octanol–water partition coefficient (Wildman–Crippen LogP) is 3.79. The third-order valence-electron chi connectivity index (χ3n) is 5.18. The van der Waals surface area contributed by atoms with Crippen molar-refractivity contribution in [3.8, 4) is 11.5 Å². The molecule has 136 valence electrons. The van der Waals surface area contributed by atoms with Crippen molar-refractivity contribution >= 4 is 6.03 Å². The quantitative estimate of drug-likeness (QED) is 0.731. The normalized spacial score (nSPS) is 26.4. The predicted molar refractivity (Wildman–Crippen MR) is 99.5 cm³/mol. The van der Waals surface area contributed by atoms with Crippen LogP contribution in [0.2, 0.25) is 0 Å². The zero-order chi connectivity index (χ0) is 18.5. The Kier molecular flexibility index (Phi) is 3.65. The summed E-state index contributed by atoms with van der Waals surface area (Å²) < 4.78 is 6.30. The van der Waals surface area contributed by atoms with Gasteiger partial charge in [-0.15, -0.1) is 0 Å². The maximum atomic E-state index is 12.3. The van der Waals surface area contributed by atoms with Crippen molar-refractivity contribution in [2.24, 2.45) is 0 Å². The van der Waals surface area contributed by atoms with Crippen LogP contribution in [0.5, 0.6) is 11.5 Å². The van der Waals surface area contributed by atoms with Gasteiger partial charge in [0.25, 0.3) is 0 Å². The van der Waals surface area contributed by atoms with Gasteiger partial charge in [-0.25, -0.2) is 4.79 Å². The molecule has 2 aromatic carbocycles. The second-order valence-electron chi connectivity index (χ2n) is 8.13. The summed E-state index contributed by atoms with van der Waals surface area (Å²) >= 11 is 0. The number of fused-ring (bicyclic) bond motifs is 1. The summed E-state index contributed by atoms with van der Waals surface area (Å²) in [5.41, 5.74) is 2.22. The standard InChI is InChI=1S/C21H24N2O3/c1-13-5-4-6-14(9-13)17-11-21(12-20(2,3)22-19(25)23-21)26-18-10-15(24)7-8-16(17)18/h4-10,17,24H,11-12H2,1-3H3,(H2,22,23,25). The van der Waals surface area contributed by atoms with Crippen LogP contribution < -0.4 is 15.4 Å². The van der Waals surface area contributed by atoms with E-state index in [4.69, 9.17) is 4.74 Å². The van der Waals surface area contributed by atoms with Crippen molar-refractivity contribution in [1.82, 2.24) is 10.6 Å². The fourth-order valence-corrected chi connectivity index (χ4v) is 4.31. The SMILES string of the molecule is Cc1cccc(C2CC3(CC(C)(C)NC(=O)N3)Oc3cc(O)ccc32)c1. The summed E-state index contributed by atoms with van der Waals surface area (Å²) in [6, 6.07) is 13.4. The molecule has 0 aromatic heterocycles. The van der Waals surface area contributed by atoms with E-state index in [1.807, 2.05) is 19.9 Å². The summed E-state index contributed by atoms with van der Waals surface area (Å²) in [6.45, 7) is 6.07. The van der Waals surface area contributed by atoms with E-state index in [1.54, 1.807) is 12.1 Å². The van der Waals surface area contributed by atoms with Crippen LogP contribution in [-0.2, 0) is 0 Å². The van der Waals surface area contributed by atoms with E-state index >= 15 is 0 Å². The molecule has 0 aliphatic carbocycles. The number of ether oxygens (including phenoxy) is 1. The Morgan fingerprint density at radius 2 is 1.96 bits per heavy atom. The van der Waals surface area contributed by atoms with Gasteiger partial charge in [-0.05, 0) is 32.4 Å². The number of carbonyl (C=O) groups is 1. The highest BCUT2D eigenvalue weighted by Crippen LogP contribution is 2.47. The Bertz CT molecular complexity index is 877. The second kappa shape index (κ2) is 5.66. The molecule has 4 rings (SSSR count). The molecular weight excluding hydrogens is 328 g/mol. The van der Waals surface area contributed by atoms with Gasteiger partial charge in [-0.1, -0.05) is 35.9 Å². The lowest BCUT2D eigenvalue weighted by Crippen LogP contribution is -2.69. The van der Waals surface area contributed by atoms with Crippen molar-refractivity contribution < 1.29 is 14.6 Å². The maximum Gasteiger partial charge on any atom is 0.318 e. The van der Waals surface area contributed by atoms with Crippen LogP contribution in [0.3, 0.4) is 0 Å². The molecule has 2 heterocycles. The lowest BCUT2D eigenvalue weighted by atomic mass is 9.77. The molecule has 5 nitrogen and oxygen atoms in total. The molecule has 3 N–H and O–H groups in total. The molecule has 0 radical (unpaired) electrons. The number of aryl methyl sites for hydroxylation is 1. The zero-order valence-electron chi connectivity index (χ0n) is 15.3. The molecule has 1 fully saturated rings. The Hall–Kier alpha value is -2.69. The topological polar surface area (TPSA) is 70.6 Å². The number of nitrogens with one attached hydrogen (secondary N) is 2. The van der Waals surface area contributed by atoms with E-state index in [9.17, 15) is 9.90 Å². The average Bonchev–Trinajstić information content (AvgIpc) is 2.51. The third-order valence-corrected chi connectivity index (χ3v) is 5.18. The summed E-state index contributed by atoms with van der Waals surface area (Å²) in [7, 11) is 0. The highest BCUT2D eigenvalue weighted by Gasteiger charge is 2.49. The van der Waals surface area contributed by atoms with Gasteiger partial charge >= 0.3 is 6.03 Å². The van der Waals surface area contributed by atoms with Crippen LogP contribution in [0, 0.1) is 6.92 Å². The van der Waals surface area contributed by atoms with E-state index in [-0.39, 0.29) is 23.2 Å². The van der Waals surface area contributed by atoms with Gasteiger partial charge in [-0.3, -0.25) is 0 Å². The fraction of sp³-hybridized carbons (Fsp3) is 0.381. The van der Waals surface area contributed by atoms with Crippen molar-refractivity contribution in [3.63, 3.8) is 0 Å². The molecule has 1 spiro atoms. The molecule has 2 atom stereocenters. The van der Waals surface area contributed by atoms with Gasteiger partial charge in [-0.2, -0.15) is 0 Å². The number of urea groups is 1. The summed E-state index contributed by atoms with van der Waals surface area (Å²) in [5, 5.41) is 15.9. The highest BCUT2D eigenvalue weighted by atomic mass is 16.5. The third kappa shape index (κ3) is 2.98. The van der Waals surface area contributed by atoms with Crippen LogP contribution in [0.25, 0.3) is 0 Å². The number of phenols is 1. The number of aromatic hydroxyl groups is 1. The number of phenolic OH excluding ortho intramolecular Hbond substituents is 1. The second-order valence-corrected chi connectivity index (χ2v) is 8.13. The molecule has 2 aliphatic heterocycles. The van der Waals surface area contributed by atoms with E-state index in [1.165, 1.54) is 11.1 Å². The number of benzene rings is 2. The van der Waals surface area contributed by atoms with Crippen molar-refractivity contribution in [2.45, 2.75) is 50.8 Å². The minimum absolute atomic E-state index is 0.0773. The summed E-state index contributed by atoms with van der Waals surface area (Å²) in [6.07, 6.45) is 1.27. The van der Waals surface area contributed by atoms with Crippen molar-refractivity contribution in [3.05, 3.63) is 59.2 Å². The first-order valence-corrected chi connectivity index (χ1v) is 8.94. The summed E-state index contributed by atoms with van der Waals surface area (Å²) in [4.78, 5) is 12.3. The monoisotopic (exact) mass is 352 g/mol. The van der Waals surface area contributed by atoms with E-state index < -0.39 is 5.72 Å². The van der Waals surface area contributed by atoms with Crippen LogP contribution in [-0.4, -0.2) is 22.4 Å². The van der Waals surface area contributed by atoms with Crippen LogP contribution >= 0.6 is 0 Å². The van der Waals surface area contributed by atoms with E-state index in [0.29, 0.717) is 18.6 Å². The maximum absolute atomic E-state index is 12.3. The first kappa shape index (κ1) is 16.8. The van der Waals surface area contributed by atoms with Crippen molar-refractivity contribution in [2.75, 3.05) is 0 Å². The summed E-state index contributed by atoms with van der Waals surface area (Å²) in [5.74, 6) is 0.859. The smallest absolute Gasteiger partial charge is 0.318 e. The van der Waals surface area contributed by atoms with Gasteiger partial charge < -0.3 is 20.5 Å². The molecule has 1 saturated heterocycles. The lowest BCUT2D eigenvalue weighted by molar-refractivity contribution is -0.0236. The molecule has 2 aliphatic rings. The largest absolute Gasteiger partial charge is 0.508 e. The van der Waals surface area contributed by atoms with Gasteiger partial charge in [0.1, 0.15) is 11.5 Å². The number of hydrogen-bond acceptors (Lipinski definition) is 3. The van der Waals surface area contributed by atoms with Gasteiger partial charge in [0.05, 0.1) is 0 Å². The van der Waals surface area contributed by atoms with E-state index in [0.717, 1.165) is 5.56 Å². The van der Waals surface area contributed by atoms with Gasteiger partial charge in [0.2, 0.25) is 0 Å². The minimum atomic E-state index is -0.805. The highest BCUT2D eigenvalue weighted by molar-refractivity contribution is 5.77. The van der Waals surface area contributed by atoms with Gasteiger partial charge in [0, 0.05) is 35.9 Å². The molecule has 0 saturated carbocycles. The number of hydrogen-bond donors (Lipinski definition) is 3. The molecule has 0 bridgehead atoms. The first-order chi connectivity index (χ1) is 12.3. The fourth-order valence-electron chi connectivity index (χ4n) is 4.31. The van der Waals surface area contributed by atoms with Crippen LogP contribution in [0.4, 0.5) is 4.79 Å². The lowest BCUT2D eigenvalue weighted by Gasteiger charge is -2.49.